The summed E-state index contributed by atoms with van der Waals surface area (Å²) in [4.78, 5) is 9.05. The molecular weight excluding hydrogens is 254 g/mol. The molecule has 1 aromatic heterocycles. The number of likely N-dealkylation sites (N-methyl/N-ethyl adjacent to an activating group) is 2. The van der Waals surface area contributed by atoms with Crippen LogP contribution in [0.25, 0.3) is 0 Å². The summed E-state index contributed by atoms with van der Waals surface area (Å²) in [5.74, 6) is 0.968. The van der Waals surface area contributed by atoms with Gasteiger partial charge in [-0.3, -0.25) is 0 Å². The molecule has 0 spiro atoms. The zero-order valence-corrected chi connectivity index (χ0v) is 12.4. The minimum atomic E-state index is 0.114. The molecule has 2 rings (SSSR count). The summed E-state index contributed by atoms with van der Waals surface area (Å²) in [5.41, 5.74) is 7.22. The number of rotatable bonds is 4. The first-order valence-electron chi connectivity index (χ1n) is 6.89. The Hall–Kier alpha value is -1.82. The molecular formula is C14H23N5O. The van der Waals surface area contributed by atoms with E-state index in [1.165, 1.54) is 12.8 Å². The van der Waals surface area contributed by atoms with Crippen LogP contribution in [-0.2, 0) is 0 Å². The number of nitrogens with zero attached hydrogens (tertiary/aromatic N) is 4. The normalized spacial score (nSPS) is 20.4. The van der Waals surface area contributed by atoms with Gasteiger partial charge in [0.15, 0.2) is 5.84 Å². The highest BCUT2D eigenvalue weighted by atomic mass is 16.4. The minimum Gasteiger partial charge on any atom is -0.409 e. The van der Waals surface area contributed by atoms with E-state index < -0.39 is 0 Å². The van der Waals surface area contributed by atoms with E-state index in [2.05, 4.69) is 27.0 Å². The fraction of sp³-hybridized carbons (Fsp3) is 0.571. The molecule has 20 heavy (non-hydrogen) atoms. The molecule has 6 heteroatoms. The SMILES string of the molecule is Cc1cc(/C(N)=N/O)cc(N(C)CC2CCCN2C)n1. The summed E-state index contributed by atoms with van der Waals surface area (Å²) >= 11 is 0. The van der Waals surface area contributed by atoms with Gasteiger partial charge >= 0.3 is 0 Å². The van der Waals surface area contributed by atoms with Gasteiger partial charge in [0.05, 0.1) is 0 Å². The molecule has 0 aromatic carbocycles. The molecule has 3 N–H and O–H groups in total. The number of anilines is 1. The van der Waals surface area contributed by atoms with E-state index in [0.717, 1.165) is 24.6 Å². The van der Waals surface area contributed by atoms with Gasteiger partial charge in [-0.2, -0.15) is 0 Å². The van der Waals surface area contributed by atoms with Crippen molar-refractivity contribution < 1.29 is 5.21 Å². The molecule has 1 aromatic rings. The van der Waals surface area contributed by atoms with Gasteiger partial charge in [0.25, 0.3) is 0 Å². The maximum Gasteiger partial charge on any atom is 0.170 e. The molecule has 0 radical (unpaired) electrons. The largest absolute Gasteiger partial charge is 0.409 e. The van der Waals surface area contributed by atoms with Gasteiger partial charge in [0, 0.05) is 30.9 Å². The summed E-state index contributed by atoms with van der Waals surface area (Å²) in [6.45, 7) is 4.00. The number of aromatic nitrogens is 1. The van der Waals surface area contributed by atoms with Crippen molar-refractivity contribution in [3.63, 3.8) is 0 Å². The number of amidine groups is 1. The number of nitrogens with two attached hydrogens (primary N) is 1. The zero-order valence-electron chi connectivity index (χ0n) is 12.4. The van der Waals surface area contributed by atoms with Crippen LogP contribution in [0.4, 0.5) is 5.82 Å². The first-order valence-corrected chi connectivity index (χ1v) is 6.89. The number of oxime groups is 1. The lowest BCUT2D eigenvalue weighted by Gasteiger charge is -2.27. The fourth-order valence-electron chi connectivity index (χ4n) is 2.67. The number of hydrogen-bond acceptors (Lipinski definition) is 5. The van der Waals surface area contributed by atoms with Crippen molar-refractivity contribution >= 4 is 11.7 Å². The van der Waals surface area contributed by atoms with Crippen LogP contribution in [-0.4, -0.2) is 54.2 Å². The van der Waals surface area contributed by atoms with E-state index in [-0.39, 0.29) is 5.84 Å². The summed E-state index contributed by atoms with van der Waals surface area (Å²) < 4.78 is 0. The summed E-state index contributed by atoms with van der Waals surface area (Å²) in [6, 6.07) is 4.24. The van der Waals surface area contributed by atoms with Crippen molar-refractivity contribution in [3.05, 3.63) is 23.4 Å². The molecule has 110 valence electrons. The molecule has 1 saturated heterocycles. The lowest BCUT2D eigenvalue weighted by Crippen LogP contribution is -2.37. The maximum atomic E-state index is 8.80. The second kappa shape index (κ2) is 6.09. The van der Waals surface area contributed by atoms with Crippen molar-refractivity contribution in [2.24, 2.45) is 10.9 Å². The molecule has 1 atom stereocenters. The highest BCUT2D eigenvalue weighted by molar-refractivity contribution is 5.97. The number of hydrogen-bond donors (Lipinski definition) is 2. The Bertz CT molecular complexity index is 502. The molecule has 1 unspecified atom stereocenters. The van der Waals surface area contributed by atoms with Gasteiger partial charge in [-0.05, 0) is 45.5 Å². The molecule has 1 aliphatic rings. The smallest absolute Gasteiger partial charge is 0.170 e. The highest BCUT2D eigenvalue weighted by Gasteiger charge is 2.22. The topological polar surface area (TPSA) is 78.0 Å². The molecule has 6 nitrogen and oxygen atoms in total. The fourth-order valence-corrected chi connectivity index (χ4v) is 2.67. The summed E-state index contributed by atoms with van der Waals surface area (Å²) in [6.07, 6.45) is 2.48. The monoisotopic (exact) mass is 277 g/mol. The second-order valence-corrected chi connectivity index (χ2v) is 5.50. The van der Waals surface area contributed by atoms with Crippen LogP contribution in [0.1, 0.15) is 24.1 Å². The van der Waals surface area contributed by atoms with Crippen molar-refractivity contribution in [2.45, 2.75) is 25.8 Å². The van der Waals surface area contributed by atoms with E-state index in [1.54, 1.807) is 0 Å². The number of aryl methyl sites for hydroxylation is 1. The van der Waals surface area contributed by atoms with Crippen molar-refractivity contribution in [2.75, 3.05) is 32.1 Å². The Kier molecular flexibility index (Phi) is 4.44. The third-order valence-corrected chi connectivity index (χ3v) is 3.89. The van der Waals surface area contributed by atoms with Crippen LogP contribution >= 0.6 is 0 Å². The molecule has 1 aliphatic heterocycles. The van der Waals surface area contributed by atoms with Gasteiger partial charge in [-0.25, -0.2) is 4.98 Å². The number of likely N-dealkylation sites (tertiary alicyclic amines) is 1. The Morgan fingerprint density at radius 2 is 2.35 bits per heavy atom. The first-order chi connectivity index (χ1) is 9.51. The maximum absolute atomic E-state index is 8.80. The standard InChI is InChI=1S/C14H23N5O/c1-10-7-11(14(15)17-20)8-13(16-10)19(3)9-12-5-4-6-18(12)2/h7-8,12,20H,4-6,9H2,1-3H3,(H2,15,17). The average molecular weight is 277 g/mol. The lowest BCUT2D eigenvalue weighted by molar-refractivity contribution is 0.314. The van der Waals surface area contributed by atoms with Crippen LogP contribution in [0, 0.1) is 6.92 Å². The van der Waals surface area contributed by atoms with Crippen LogP contribution in [0.15, 0.2) is 17.3 Å². The molecule has 1 fully saturated rings. The number of pyridine rings is 1. The Morgan fingerprint density at radius 3 is 2.95 bits per heavy atom. The van der Waals surface area contributed by atoms with Gasteiger partial charge in [-0.15, -0.1) is 0 Å². The van der Waals surface area contributed by atoms with Crippen LogP contribution in [0.5, 0.6) is 0 Å². The van der Waals surface area contributed by atoms with Crippen molar-refractivity contribution in [1.29, 1.82) is 0 Å². The van der Waals surface area contributed by atoms with Crippen molar-refractivity contribution in [3.8, 4) is 0 Å². The van der Waals surface area contributed by atoms with Gasteiger partial charge in [-0.1, -0.05) is 5.16 Å². The van der Waals surface area contributed by atoms with E-state index in [9.17, 15) is 0 Å². The summed E-state index contributed by atoms with van der Waals surface area (Å²) in [5, 5.41) is 11.9. The Labute approximate surface area is 119 Å². The van der Waals surface area contributed by atoms with E-state index in [4.69, 9.17) is 10.9 Å². The molecule has 0 bridgehead atoms. The average Bonchev–Trinajstić information content (AvgIpc) is 2.82. The predicted octanol–water partition coefficient (Wildman–Crippen LogP) is 1.01. The first kappa shape index (κ1) is 14.6. The van der Waals surface area contributed by atoms with E-state index in [1.807, 2.05) is 26.1 Å². The molecule has 0 saturated carbocycles. The van der Waals surface area contributed by atoms with Gasteiger partial charge in [0.1, 0.15) is 5.82 Å². The van der Waals surface area contributed by atoms with Crippen LogP contribution in [0.2, 0.25) is 0 Å². The predicted molar refractivity (Wildman–Crippen MR) is 80.4 cm³/mol. The van der Waals surface area contributed by atoms with Crippen LogP contribution < -0.4 is 10.6 Å². The zero-order chi connectivity index (χ0) is 14.7. The van der Waals surface area contributed by atoms with Gasteiger partial charge in [0.2, 0.25) is 0 Å². The van der Waals surface area contributed by atoms with Gasteiger partial charge < -0.3 is 20.7 Å². The highest BCUT2D eigenvalue weighted by Crippen LogP contribution is 2.19. The molecule has 0 aliphatic carbocycles. The van der Waals surface area contributed by atoms with E-state index in [0.29, 0.717) is 11.6 Å². The van der Waals surface area contributed by atoms with Crippen LogP contribution in [0.3, 0.4) is 0 Å². The second-order valence-electron chi connectivity index (χ2n) is 5.50. The Morgan fingerprint density at radius 1 is 1.60 bits per heavy atom. The quantitative estimate of drug-likeness (QED) is 0.372. The molecule has 2 heterocycles. The Balaban J connectivity index is 2.16. The third-order valence-electron chi connectivity index (χ3n) is 3.89. The molecule has 0 amide bonds. The lowest BCUT2D eigenvalue weighted by atomic mass is 10.2. The van der Waals surface area contributed by atoms with Crippen molar-refractivity contribution in [1.82, 2.24) is 9.88 Å². The third kappa shape index (κ3) is 3.19. The summed E-state index contributed by atoms with van der Waals surface area (Å²) in [7, 11) is 4.20. The van der Waals surface area contributed by atoms with E-state index >= 15 is 0 Å². The minimum absolute atomic E-state index is 0.114.